The van der Waals surface area contributed by atoms with E-state index in [9.17, 15) is 4.79 Å². The highest BCUT2D eigenvalue weighted by Gasteiger charge is 2.15. The Morgan fingerprint density at radius 1 is 1.05 bits per heavy atom. The third-order valence-electron chi connectivity index (χ3n) is 2.61. The van der Waals surface area contributed by atoms with Crippen LogP contribution in [0.25, 0.3) is 11.4 Å². The minimum atomic E-state index is -0.582. The van der Waals surface area contributed by atoms with Crippen LogP contribution in [0.3, 0.4) is 0 Å². The fraction of sp³-hybridized carbons (Fsp3) is 0.250. The van der Waals surface area contributed by atoms with E-state index in [4.69, 9.17) is 19.9 Å². The summed E-state index contributed by atoms with van der Waals surface area (Å²) in [7, 11) is 4.50. The van der Waals surface area contributed by atoms with Crippen molar-refractivity contribution in [1.82, 2.24) is 15.0 Å². The molecular formula is C12H14N4O4. The first-order valence-electron chi connectivity index (χ1n) is 5.63. The molecule has 8 nitrogen and oxygen atoms in total. The molecule has 0 amide bonds. The lowest BCUT2D eigenvalue weighted by atomic mass is 10.1. The first-order valence-corrected chi connectivity index (χ1v) is 5.63. The van der Waals surface area contributed by atoms with Crippen LogP contribution in [0.1, 0.15) is 0 Å². The van der Waals surface area contributed by atoms with Crippen molar-refractivity contribution in [1.29, 1.82) is 0 Å². The van der Waals surface area contributed by atoms with Gasteiger partial charge in [0.25, 0.3) is 0 Å². The van der Waals surface area contributed by atoms with Crippen LogP contribution in [0.4, 0.5) is 5.95 Å². The van der Waals surface area contributed by atoms with Gasteiger partial charge in [0.1, 0.15) is 5.82 Å². The van der Waals surface area contributed by atoms with Crippen molar-refractivity contribution >= 4 is 5.95 Å². The summed E-state index contributed by atoms with van der Waals surface area (Å²) < 4.78 is 15.7. The summed E-state index contributed by atoms with van der Waals surface area (Å²) >= 11 is 0. The molecule has 0 saturated carbocycles. The highest BCUT2D eigenvalue weighted by atomic mass is 16.5. The molecule has 0 aliphatic heterocycles. The molecule has 0 fully saturated rings. The molecule has 2 rings (SSSR count). The quantitative estimate of drug-likeness (QED) is 0.834. The minimum Gasteiger partial charge on any atom is -0.493 e. The molecule has 0 spiro atoms. The Morgan fingerprint density at radius 3 is 2.10 bits per heavy atom. The molecule has 1 heterocycles. The average Bonchev–Trinajstić information content (AvgIpc) is 2.44. The van der Waals surface area contributed by atoms with E-state index in [1.807, 2.05) is 0 Å². The number of ether oxygens (including phenoxy) is 3. The zero-order valence-corrected chi connectivity index (χ0v) is 11.3. The first-order chi connectivity index (χ1) is 9.58. The van der Waals surface area contributed by atoms with Crippen molar-refractivity contribution in [3.63, 3.8) is 0 Å². The number of benzene rings is 1. The van der Waals surface area contributed by atoms with Crippen LogP contribution in [-0.4, -0.2) is 36.3 Å². The van der Waals surface area contributed by atoms with Gasteiger partial charge in [-0.2, -0.15) is 9.97 Å². The number of nitrogens with zero attached hydrogens (tertiary/aromatic N) is 2. The maximum absolute atomic E-state index is 11.3. The summed E-state index contributed by atoms with van der Waals surface area (Å²) in [6, 6.07) is 3.30. The zero-order chi connectivity index (χ0) is 14.7. The fourth-order valence-electron chi connectivity index (χ4n) is 1.76. The summed E-state index contributed by atoms with van der Waals surface area (Å²) in [4.78, 5) is 21.3. The normalized spacial score (nSPS) is 10.2. The highest BCUT2D eigenvalue weighted by molar-refractivity contribution is 5.66. The molecule has 0 radical (unpaired) electrons. The minimum absolute atomic E-state index is 0.113. The van der Waals surface area contributed by atoms with Crippen LogP contribution in [0.5, 0.6) is 17.2 Å². The van der Waals surface area contributed by atoms with E-state index in [-0.39, 0.29) is 11.8 Å². The number of anilines is 1. The second-order valence-electron chi connectivity index (χ2n) is 3.77. The fourth-order valence-corrected chi connectivity index (χ4v) is 1.76. The van der Waals surface area contributed by atoms with Crippen molar-refractivity contribution in [3.8, 4) is 28.6 Å². The number of nitrogens with two attached hydrogens (primary N) is 1. The van der Waals surface area contributed by atoms with Gasteiger partial charge in [-0.05, 0) is 12.1 Å². The highest BCUT2D eigenvalue weighted by Crippen LogP contribution is 2.40. The van der Waals surface area contributed by atoms with Crippen LogP contribution >= 0.6 is 0 Å². The van der Waals surface area contributed by atoms with E-state index in [0.717, 1.165) is 0 Å². The molecule has 1 aromatic heterocycles. The molecule has 0 atom stereocenters. The molecule has 0 unspecified atom stereocenters. The zero-order valence-electron chi connectivity index (χ0n) is 11.3. The first kappa shape index (κ1) is 13.7. The lowest BCUT2D eigenvalue weighted by molar-refractivity contribution is 0.324. The monoisotopic (exact) mass is 278 g/mol. The van der Waals surface area contributed by atoms with Crippen molar-refractivity contribution in [2.24, 2.45) is 0 Å². The number of methoxy groups -OCH3 is 3. The van der Waals surface area contributed by atoms with Crippen LogP contribution in [0.2, 0.25) is 0 Å². The van der Waals surface area contributed by atoms with Crippen molar-refractivity contribution in [2.45, 2.75) is 0 Å². The number of aromatic nitrogens is 3. The van der Waals surface area contributed by atoms with Gasteiger partial charge in [0.05, 0.1) is 21.3 Å². The van der Waals surface area contributed by atoms with Crippen molar-refractivity contribution < 1.29 is 14.2 Å². The molecule has 0 aliphatic carbocycles. The molecule has 0 saturated heterocycles. The Hall–Kier alpha value is -2.77. The summed E-state index contributed by atoms with van der Waals surface area (Å²) in [6.07, 6.45) is 0. The van der Waals surface area contributed by atoms with Gasteiger partial charge in [-0.15, -0.1) is 0 Å². The van der Waals surface area contributed by atoms with Crippen LogP contribution in [-0.2, 0) is 0 Å². The van der Waals surface area contributed by atoms with Gasteiger partial charge < -0.3 is 19.9 Å². The Labute approximate surface area is 114 Å². The number of rotatable bonds is 4. The third-order valence-corrected chi connectivity index (χ3v) is 2.61. The smallest absolute Gasteiger partial charge is 0.349 e. The molecule has 8 heteroatoms. The van der Waals surface area contributed by atoms with E-state index in [1.54, 1.807) is 12.1 Å². The van der Waals surface area contributed by atoms with E-state index in [1.165, 1.54) is 21.3 Å². The third kappa shape index (κ3) is 2.48. The topological polar surface area (TPSA) is 112 Å². The van der Waals surface area contributed by atoms with Gasteiger partial charge in [-0.25, -0.2) is 4.79 Å². The summed E-state index contributed by atoms with van der Waals surface area (Å²) in [5, 5.41) is 0. The number of nitrogens with one attached hydrogen (secondary N) is 1. The van der Waals surface area contributed by atoms with Gasteiger partial charge in [0.15, 0.2) is 11.5 Å². The number of hydrogen-bond donors (Lipinski definition) is 2. The van der Waals surface area contributed by atoms with Gasteiger partial charge in [0, 0.05) is 5.56 Å². The van der Waals surface area contributed by atoms with E-state index >= 15 is 0 Å². The Bertz CT molecular complexity index is 658. The molecule has 0 bridgehead atoms. The lowest BCUT2D eigenvalue weighted by Gasteiger charge is -2.13. The Balaban J connectivity index is 2.65. The number of H-pyrrole nitrogens is 1. The Morgan fingerprint density at radius 2 is 1.65 bits per heavy atom. The Kier molecular flexibility index (Phi) is 3.74. The largest absolute Gasteiger partial charge is 0.493 e. The average molecular weight is 278 g/mol. The van der Waals surface area contributed by atoms with Crippen molar-refractivity contribution in [2.75, 3.05) is 27.1 Å². The number of aromatic amines is 1. The molecule has 2 aromatic rings. The molecule has 3 N–H and O–H groups in total. The summed E-state index contributed by atoms with van der Waals surface area (Å²) in [5.41, 5.74) is 5.44. The molecule has 0 aliphatic rings. The maximum Gasteiger partial charge on any atom is 0.349 e. The van der Waals surface area contributed by atoms with E-state index in [2.05, 4.69) is 15.0 Å². The second-order valence-corrected chi connectivity index (χ2v) is 3.77. The van der Waals surface area contributed by atoms with Crippen LogP contribution in [0.15, 0.2) is 16.9 Å². The van der Waals surface area contributed by atoms with E-state index < -0.39 is 5.69 Å². The standard InChI is InChI=1S/C12H14N4O4/c1-18-7-4-6(5-8(19-2)9(7)20-3)10-14-11(13)16-12(17)15-10/h4-5H,1-3H3,(H3,13,14,15,16,17). The number of hydrogen-bond acceptors (Lipinski definition) is 7. The predicted octanol–water partition coefficient (Wildman–Crippen LogP) is 0.440. The second kappa shape index (κ2) is 5.47. The predicted molar refractivity (Wildman–Crippen MR) is 72.2 cm³/mol. The summed E-state index contributed by atoms with van der Waals surface area (Å²) in [5.74, 6) is 1.49. The van der Waals surface area contributed by atoms with Crippen molar-refractivity contribution in [3.05, 3.63) is 22.6 Å². The molecular weight excluding hydrogens is 264 g/mol. The van der Waals surface area contributed by atoms with Gasteiger partial charge in [-0.1, -0.05) is 0 Å². The van der Waals surface area contributed by atoms with Gasteiger partial charge in [-0.3, -0.25) is 4.98 Å². The summed E-state index contributed by atoms with van der Waals surface area (Å²) in [6.45, 7) is 0. The maximum atomic E-state index is 11.3. The van der Waals surface area contributed by atoms with E-state index in [0.29, 0.717) is 22.8 Å². The van der Waals surface area contributed by atoms with Crippen LogP contribution < -0.4 is 25.6 Å². The van der Waals surface area contributed by atoms with Crippen LogP contribution in [0, 0.1) is 0 Å². The molecule has 1 aromatic carbocycles. The SMILES string of the molecule is COc1cc(-c2nc(N)nc(=O)[nH]2)cc(OC)c1OC. The van der Waals surface area contributed by atoms with Gasteiger partial charge >= 0.3 is 5.69 Å². The number of nitrogen functional groups attached to an aromatic ring is 1. The molecule has 20 heavy (non-hydrogen) atoms. The lowest BCUT2D eigenvalue weighted by Crippen LogP contribution is -2.15. The van der Waals surface area contributed by atoms with Gasteiger partial charge in [0.2, 0.25) is 11.7 Å². The molecule has 106 valence electrons.